The Hall–Kier alpha value is -2.39. The summed E-state index contributed by atoms with van der Waals surface area (Å²) in [6, 6.07) is 5.63. The second-order valence-electron chi connectivity index (χ2n) is 12.4. The first-order chi connectivity index (χ1) is 17.4. The van der Waals surface area contributed by atoms with E-state index in [9.17, 15) is 14.4 Å². The van der Waals surface area contributed by atoms with Crippen LogP contribution in [-0.4, -0.2) is 50.5 Å². The lowest BCUT2D eigenvalue weighted by Crippen LogP contribution is -2.58. The number of hydrogen-bond acceptors (Lipinski definition) is 5. The van der Waals surface area contributed by atoms with Crippen LogP contribution in [0.2, 0.25) is 16.6 Å². The summed E-state index contributed by atoms with van der Waals surface area (Å²) in [7, 11) is -2.31. The number of carbonyl (C=O) groups is 3. The molecule has 0 fully saturated rings. The molecule has 0 heterocycles. The largest absolute Gasteiger partial charge is 0.444 e. The van der Waals surface area contributed by atoms with E-state index in [1.54, 1.807) is 20.8 Å². The van der Waals surface area contributed by atoms with Gasteiger partial charge in [-0.05, 0) is 62.4 Å². The van der Waals surface area contributed by atoms with E-state index in [-0.39, 0.29) is 18.4 Å². The second kappa shape index (κ2) is 14.1. The Morgan fingerprint density at radius 3 is 1.74 bits per heavy atom. The highest BCUT2D eigenvalue weighted by Crippen LogP contribution is 2.42. The van der Waals surface area contributed by atoms with Gasteiger partial charge in [-0.1, -0.05) is 73.1 Å². The molecule has 3 amide bonds. The number of amides is 3. The van der Waals surface area contributed by atoms with Crippen molar-refractivity contribution in [1.29, 1.82) is 0 Å². The van der Waals surface area contributed by atoms with Gasteiger partial charge in [-0.2, -0.15) is 0 Å². The molecule has 1 aromatic rings. The number of ether oxygens (including phenoxy) is 1. The third kappa shape index (κ3) is 9.73. The zero-order chi connectivity index (χ0) is 29.4. The maximum atomic E-state index is 13.5. The molecule has 8 nitrogen and oxygen atoms in total. The van der Waals surface area contributed by atoms with Gasteiger partial charge in [0.2, 0.25) is 11.8 Å². The van der Waals surface area contributed by atoms with Crippen molar-refractivity contribution < 1.29 is 23.5 Å². The second-order valence-corrected chi connectivity index (χ2v) is 17.9. The number of carbonyl (C=O) groups excluding carboxylic acids is 3. The van der Waals surface area contributed by atoms with Gasteiger partial charge in [0.05, 0.1) is 6.61 Å². The van der Waals surface area contributed by atoms with Crippen LogP contribution in [0.25, 0.3) is 0 Å². The molecule has 0 aliphatic rings. The summed E-state index contributed by atoms with van der Waals surface area (Å²) in [6.07, 6.45) is -0.686. The van der Waals surface area contributed by atoms with Crippen LogP contribution < -0.4 is 16.0 Å². The minimum Gasteiger partial charge on any atom is -0.444 e. The molecule has 1 rings (SSSR count). The predicted octanol–water partition coefficient (Wildman–Crippen LogP) is 6.16. The summed E-state index contributed by atoms with van der Waals surface area (Å²) >= 11 is 0. The number of hydrogen-bond donors (Lipinski definition) is 3. The quantitative estimate of drug-likeness (QED) is 0.271. The van der Waals surface area contributed by atoms with E-state index >= 15 is 0 Å². The minimum atomic E-state index is -2.31. The molecular weight excluding hydrogens is 498 g/mol. The van der Waals surface area contributed by atoms with E-state index in [1.165, 1.54) is 0 Å². The Balaban J connectivity index is 3.24. The van der Waals surface area contributed by atoms with Gasteiger partial charge in [0.25, 0.3) is 0 Å². The smallest absolute Gasteiger partial charge is 0.408 e. The normalized spacial score (nSPS) is 14.0. The first-order valence-electron chi connectivity index (χ1n) is 13.7. The van der Waals surface area contributed by atoms with Gasteiger partial charge in [-0.25, -0.2) is 4.79 Å². The van der Waals surface area contributed by atoms with Crippen LogP contribution in [-0.2, 0) is 18.8 Å². The minimum absolute atomic E-state index is 0.0431. The van der Waals surface area contributed by atoms with Gasteiger partial charge in [0.15, 0.2) is 8.32 Å². The van der Waals surface area contributed by atoms with Crippen molar-refractivity contribution in [2.75, 3.05) is 11.9 Å². The van der Waals surface area contributed by atoms with Crippen LogP contribution >= 0.6 is 0 Å². The lowest BCUT2D eigenvalue weighted by atomic mass is 10.0. The van der Waals surface area contributed by atoms with E-state index in [4.69, 9.17) is 9.16 Å². The zero-order valence-electron chi connectivity index (χ0n) is 25.5. The van der Waals surface area contributed by atoms with Crippen molar-refractivity contribution in [2.24, 2.45) is 5.92 Å². The molecule has 1 aromatic carbocycles. The van der Waals surface area contributed by atoms with Crippen LogP contribution in [0, 0.1) is 12.8 Å². The average molecular weight is 550 g/mol. The lowest BCUT2D eigenvalue weighted by molar-refractivity contribution is -0.129. The van der Waals surface area contributed by atoms with Gasteiger partial charge in [-0.3, -0.25) is 9.59 Å². The molecule has 0 radical (unpaired) electrons. The number of nitrogens with one attached hydrogen (secondary N) is 3. The molecule has 9 heteroatoms. The standard InChI is InChI=1S/C29H51N3O5Si/c1-18(2)25(32-28(35)37-29(10,11)12)27(34)31-24(26(33)30-23-15-13-22(9)14-16-23)17-36-38(19(3)4,20(5)6)21(7)8/h13-16,18-21,24-25H,17H2,1-12H3,(H,30,33)(H,31,34)(H,32,35)/t24-,25-/m0/s1. The summed E-state index contributed by atoms with van der Waals surface area (Å²) < 4.78 is 12.0. The van der Waals surface area contributed by atoms with Crippen LogP contribution in [0.4, 0.5) is 10.5 Å². The Bertz CT molecular complexity index is 901. The maximum Gasteiger partial charge on any atom is 0.408 e. The van der Waals surface area contributed by atoms with Gasteiger partial charge >= 0.3 is 6.09 Å². The van der Waals surface area contributed by atoms with Crippen LogP contribution in [0.5, 0.6) is 0 Å². The van der Waals surface area contributed by atoms with Crippen LogP contribution in [0.15, 0.2) is 24.3 Å². The summed E-state index contributed by atoms with van der Waals surface area (Å²) in [4.78, 5) is 39.3. The van der Waals surface area contributed by atoms with E-state index in [1.807, 2.05) is 45.0 Å². The molecule has 2 atom stereocenters. The number of aryl methyl sites for hydroxylation is 1. The summed E-state index contributed by atoms with van der Waals surface area (Å²) in [5, 5.41) is 8.43. The fraction of sp³-hybridized carbons (Fsp3) is 0.690. The Morgan fingerprint density at radius 1 is 0.816 bits per heavy atom. The van der Waals surface area contributed by atoms with Gasteiger partial charge in [0.1, 0.15) is 17.7 Å². The average Bonchev–Trinajstić information content (AvgIpc) is 2.76. The van der Waals surface area contributed by atoms with Crippen molar-refractivity contribution in [3.8, 4) is 0 Å². The molecule has 0 aliphatic carbocycles. The Kier molecular flexibility index (Phi) is 12.5. The first kappa shape index (κ1) is 33.6. The van der Waals surface area contributed by atoms with E-state index < -0.39 is 38.0 Å². The van der Waals surface area contributed by atoms with Crippen molar-refractivity contribution in [2.45, 2.75) is 117 Å². The molecule has 38 heavy (non-hydrogen) atoms. The van der Waals surface area contributed by atoms with Crippen LogP contribution in [0.3, 0.4) is 0 Å². The van der Waals surface area contributed by atoms with Gasteiger partial charge < -0.3 is 25.1 Å². The molecule has 0 saturated carbocycles. The van der Waals surface area contributed by atoms with E-state index in [0.717, 1.165) is 5.56 Å². The highest BCUT2D eigenvalue weighted by molar-refractivity contribution is 6.77. The van der Waals surface area contributed by atoms with Crippen molar-refractivity contribution in [1.82, 2.24) is 10.6 Å². The van der Waals surface area contributed by atoms with Crippen molar-refractivity contribution in [3.05, 3.63) is 29.8 Å². The van der Waals surface area contributed by atoms with Crippen LogP contribution in [0.1, 0.15) is 81.7 Å². The lowest BCUT2D eigenvalue weighted by Gasteiger charge is -2.43. The monoisotopic (exact) mass is 549 g/mol. The summed E-state index contributed by atoms with van der Waals surface area (Å²) in [5.74, 6) is -1.08. The summed E-state index contributed by atoms with van der Waals surface area (Å²) in [5.41, 5.74) is 1.95. The number of alkyl carbamates (subject to hydrolysis) is 1. The fourth-order valence-electron chi connectivity index (χ4n) is 5.01. The maximum absolute atomic E-state index is 13.5. The van der Waals surface area contributed by atoms with Crippen molar-refractivity contribution >= 4 is 31.9 Å². The highest BCUT2D eigenvalue weighted by atomic mass is 28.4. The third-order valence-corrected chi connectivity index (χ3v) is 12.9. The topological polar surface area (TPSA) is 106 Å². The first-order valence-corrected chi connectivity index (χ1v) is 15.9. The molecule has 0 unspecified atom stereocenters. The predicted molar refractivity (Wildman–Crippen MR) is 157 cm³/mol. The molecule has 216 valence electrons. The SMILES string of the molecule is Cc1ccc(NC(=O)[C@H](CO[Si](C(C)C)(C(C)C)C(C)C)NC(=O)[C@@H](NC(=O)OC(C)(C)C)C(C)C)cc1. The molecule has 0 aliphatic heterocycles. The number of rotatable bonds is 12. The zero-order valence-corrected chi connectivity index (χ0v) is 26.5. The van der Waals surface area contributed by atoms with Gasteiger partial charge in [-0.15, -0.1) is 0 Å². The highest BCUT2D eigenvalue weighted by Gasteiger charge is 2.46. The van der Waals surface area contributed by atoms with Gasteiger partial charge in [0, 0.05) is 5.69 Å². The molecule has 0 aromatic heterocycles. The molecule has 3 N–H and O–H groups in total. The Labute approximate surface area is 231 Å². The van der Waals surface area contributed by atoms with Crippen molar-refractivity contribution in [3.63, 3.8) is 0 Å². The molecule has 0 saturated heterocycles. The number of anilines is 1. The Morgan fingerprint density at radius 2 is 1.32 bits per heavy atom. The number of benzene rings is 1. The molecule has 0 spiro atoms. The van der Waals surface area contributed by atoms with E-state index in [2.05, 4.69) is 57.5 Å². The molecule has 0 bridgehead atoms. The van der Waals surface area contributed by atoms with E-state index in [0.29, 0.717) is 22.3 Å². The summed E-state index contributed by atoms with van der Waals surface area (Å²) in [6.45, 7) is 24.0. The fourth-order valence-corrected chi connectivity index (χ4v) is 10.5. The molecular formula is C29H51N3O5Si. The third-order valence-electron chi connectivity index (χ3n) is 6.78.